The van der Waals surface area contributed by atoms with E-state index in [1.54, 1.807) is 31.4 Å². The third-order valence-corrected chi connectivity index (χ3v) is 5.51. The van der Waals surface area contributed by atoms with Crippen molar-refractivity contribution < 1.29 is 28.2 Å². The average Bonchev–Trinajstić information content (AvgIpc) is 2.98. The van der Waals surface area contributed by atoms with E-state index >= 15 is 0 Å². The second kappa shape index (κ2) is 9.97. The van der Waals surface area contributed by atoms with E-state index in [-0.39, 0.29) is 16.5 Å². The summed E-state index contributed by atoms with van der Waals surface area (Å²) < 4.78 is 29.1. The Hall–Kier alpha value is -2.55. The molecule has 0 atom stereocenters. The van der Waals surface area contributed by atoms with Crippen molar-refractivity contribution in [1.82, 2.24) is 4.90 Å². The van der Waals surface area contributed by atoms with E-state index in [2.05, 4.69) is 0 Å². The summed E-state index contributed by atoms with van der Waals surface area (Å²) in [7, 11) is 3.10. The number of benzene rings is 2. The zero-order valence-corrected chi connectivity index (χ0v) is 17.9. The summed E-state index contributed by atoms with van der Waals surface area (Å²) in [5.74, 6) is 0.120. The molecule has 158 valence electrons. The molecule has 30 heavy (non-hydrogen) atoms. The van der Waals surface area contributed by atoms with Crippen LogP contribution in [0.2, 0.25) is 5.02 Å². The third-order valence-electron chi connectivity index (χ3n) is 4.25. The molecule has 0 bridgehead atoms. The summed E-state index contributed by atoms with van der Waals surface area (Å²) in [4.78, 5) is 26.4. The van der Waals surface area contributed by atoms with Crippen LogP contribution in [0.1, 0.15) is 11.1 Å². The number of nitrogens with zero attached hydrogens (tertiary/aromatic N) is 1. The molecule has 0 unspecified atom stereocenters. The molecule has 1 aliphatic rings. The van der Waals surface area contributed by atoms with Crippen LogP contribution in [-0.2, 0) is 16.1 Å². The minimum Gasteiger partial charge on any atom is -0.493 e. The van der Waals surface area contributed by atoms with Crippen LogP contribution in [0, 0.1) is 5.82 Å². The Morgan fingerprint density at radius 1 is 1.10 bits per heavy atom. The number of ether oxygens (including phenoxy) is 3. The SMILES string of the molecule is COCCOc1ccc(/C=C2\SC(=O)N(Cc3ccc(F)cc3Cl)C2=O)cc1OC. The molecule has 1 aliphatic heterocycles. The zero-order chi connectivity index (χ0) is 21.7. The molecule has 2 aromatic carbocycles. The standard InChI is InChI=1S/C21H19ClFNO5S/c1-27-7-8-29-17-6-3-13(9-18(17)28-2)10-19-20(25)24(21(26)30-19)12-14-4-5-15(23)11-16(14)22/h3-6,9-11H,7-8,12H2,1-2H3/b19-10-. The maximum Gasteiger partial charge on any atom is 0.293 e. The van der Waals surface area contributed by atoms with Gasteiger partial charge in [-0.3, -0.25) is 14.5 Å². The fourth-order valence-electron chi connectivity index (χ4n) is 2.74. The molecule has 0 radical (unpaired) electrons. The van der Waals surface area contributed by atoms with Crippen LogP contribution in [0.15, 0.2) is 41.3 Å². The second-order valence-corrected chi connectivity index (χ2v) is 7.66. The Bertz CT molecular complexity index is 997. The highest BCUT2D eigenvalue weighted by atomic mass is 35.5. The highest BCUT2D eigenvalue weighted by Crippen LogP contribution is 2.36. The van der Waals surface area contributed by atoms with E-state index in [0.717, 1.165) is 22.7 Å². The molecule has 0 spiro atoms. The maximum atomic E-state index is 13.2. The molecule has 2 aromatic rings. The van der Waals surface area contributed by atoms with E-state index in [1.807, 2.05) is 0 Å². The minimum absolute atomic E-state index is 0.0310. The van der Waals surface area contributed by atoms with Crippen LogP contribution in [0.4, 0.5) is 9.18 Å². The number of halogens is 2. The second-order valence-electron chi connectivity index (χ2n) is 6.26. The van der Waals surface area contributed by atoms with Crippen molar-refractivity contribution >= 4 is 40.6 Å². The van der Waals surface area contributed by atoms with Gasteiger partial charge in [0.05, 0.1) is 25.2 Å². The molecule has 1 heterocycles. The highest BCUT2D eigenvalue weighted by molar-refractivity contribution is 8.18. The number of thioether (sulfide) groups is 1. The van der Waals surface area contributed by atoms with Crippen LogP contribution in [-0.4, -0.2) is 43.5 Å². The Balaban J connectivity index is 1.77. The first-order chi connectivity index (χ1) is 14.4. The number of carbonyl (C=O) groups excluding carboxylic acids is 2. The van der Waals surface area contributed by atoms with Gasteiger partial charge in [-0.05, 0) is 53.2 Å². The van der Waals surface area contributed by atoms with Crippen molar-refractivity contribution in [1.29, 1.82) is 0 Å². The topological polar surface area (TPSA) is 65.1 Å². The number of carbonyl (C=O) groups is 2. The molecular formula is C21H19ClFNO5S. The summed E-state index contributed by atoms with van der Waals surface area (Å²) in [5, 5.41) is -0.259. The van der Waals surface area contributed by atoms with Crippen LogP contribution in [0.5, 0.6) is 11.5 Å². The molecule has 2 amide bonds. The van der Waals surface area contributed by atoms with E-state index < -0.39 is 17.0 Å². The van der Waals surface area contributed by atoms with Gasteiger partial charge in [-0.2, -0.15) is 0 Å². The van der Waals surface area contributed by atoms with Gasteiger partial charge in [0.2, 0.25) is 0 Å². The molecule has 0 saturated carbocycles. The van der Waals surface area contributed by atoms with E-state index in [1.165, 1.54) is 19.2 Å². The van der Waals surface area contributed by atoms with Crippen molar-refractivity contribution in [3.05, 3.63) is 63.3 Å². The predicted molar refractivity (Wildman–Crippen MR) is 113 cm³/mol. The number of imide groups is 1. The van der Waals surface area contributed by atoms with Gasteiger partial charge in [0.25, 0.3) is 11.1 Å². The van der Waals surface area contributed by atoms with Crippen molar-refractivity contribution in [3.8, 4) is 11.5 Å². The lowest BCUT2D eigenvalue weighted by Gasteiger charge is -2.13. The quantitative estimate of drug-likeness (QED) is 0.426. The third kappa shape index (κ3) is 5.13. The van der Waals surface area contributed by atoms with Crippen molar-refractivity contribution in [2.24, 2.45) is 0 Å². The highest BCUT2D eigenvalue weighted by Gasteiger charge is 2.35. The number of methoxy groups -OCH3 is 2. The van der Waals surface area contributed by atoms with E-state index in [0.29, 0.717) is 35.8 Å². The molecule has 6 nitrogen and oxygen atoms in total. The first kappa shape index (κ1) is 22.1. The summed E-state index contributed by atoms with van der Waals surface area (Å²) in [6.45, 7) is 0.782. The van der Waals surface area contributed by atoms with E-state index in [9.17, 15) is 14.0 Å². The Kier molecular flexibility index (Phi) is 7.36. The van der Waals surface area contributed by atoms with Crippen LogP contribution < -0.4 is 9.47 Å². The summed E-state index contributed by atoms with van der Waals surface area (Å²) in [5.41, 5.74) is 1.16. The lowest BCUT2D eigenvalue weighted by molar-refractivity contribution is -0.123. The molecule has 0 N–H and O–H groups in total. The smallest absolute Gasteiger partial charge is 0.293 e. The lowest BCUT2D eigenvalue weighted by atomic mass is 10.1. The first-order valence-electron chi connectivity index (χ1n) is 8.92. The molecule has 0 aromatic heterocycles. The fraction of sp³-hybridized carbons (Fsp3) is 0.238. The maximum absolute atomic E-state index is 13.2. The molecule has 1 saturated heterocycles. The average molecular weight is 452 g/mol. The fourth-order valence-corrected chi connectivity index (χ4v) is 3.80. The Morgan fingerprint density at radius 2 is 1.90 bits per heavy atom. The monoisotopic (exact) mass is 451 g/mol. The van der Waals surface area contributed by atoms with Crippen LogP contribution >= 0.6 is 23.4 Å². The van der Waals surface area contributed by atoms with Gasteiger partial charge in [0.15, 0.2) is 11.5 Å². The minimum atomic E-state index is -0.485. The number of rotatable bonds is 8. The van der Waals surface area contributed by atoms with Crippen molar-refractivity contribution in [2.45, 2.75) is 6.54 Å². The van der Waals surface area contributed by atoms with Gasteiger partial charge in [0, 0.05) is 12.1 Å². The number of hydrogen-bond donors (Lipinski definition) is 0. The summed E-state index contributed by atoms with van der Waals surface area (Å²) >= 11 is 6.85. The van der Waals surface area contributed by atoms with Gasteiger partial charge < -0.3 is 14.2 Å². The van der Waals surface area contributed by atoms with Crippen LogP contribution in [0.25, 0.3) is 6.08 Å². The van der Waals surface area contributed by atoms with Crippen molar-refractivity contribution in [3.63, 3.8) is 0 Å². The largest absolute Gasteiger partial charge is 0.493 e. The zero-order valence-electron chi connectivity index (χ0n) is 16.3. The van der Waals surface area contributed by atoms with Gasteiger partial charge >= 0.3 is 0 Å². The predicted octanol–water partition coefficient (Wildman–Crippen LogP) is 4.75. The molecule has 0 aliphatic carbocycles. The molecular weight excluding hydrogens is 433 g/mol. The molecule has 9 heteroatoms. The number of amides is 2. The van der Waals surface area contributed by atoms with Crippen molar-refractivity contribution in [2.75, 3.05) is 27.4 Å². The van der Waals surface area contributed by atoms with Gasteiger partial charge in [-0.25, -0.2) is 4.39 Å². The lowest BCUT2D eigenvalue weighted by Crippen LogP contribution is -2.27. The van der Waals surface area contributed by atoms with E-state index in [4.69, 9.17) is 25.8 Å². The normalized spacial score (nSPS) is 15.2. The molecule has 1 fully saturated rings. The summed E-state index contributed by atoms with van der Waals surface area (Å²) in [6.07, 6.45) is 1.61. The molecule has 3 rings (SSSR count). The van der Waals surface area contributed by atoms with Crippen LogP contribution in [0.3, 0.4) is 0 Å². The Morgan fingerprint density at radius 3 is 2.60 bits per heavy atom. The first-order valence-corrected chi connectivity index (χ1v) is 10.1. The Labute approximate surface area is 182 Å². The van der Waals surface area contributed by atoms with Gasteiger partial charge in [0.1, 0.15) is 12.4 Å². The number of hydrogen-bond acceptors (Lipinski definition) is 6. The van der Waals surface area contributed by atoms with Gasteiger partial charge in [-0.1, -0.05) is 23.7 Å². The van der Waals surface area contributed by atoms with Gasteiger partial charge in [-0.15, -0.1) is 0 Å². The summed E-state index contributed by atoms with van der Waals surface area (Å²) in [6, 6.07) is 9.04.